The highest BCUT2D eigenvalue weighted by atomic mass is 16.5. The molecular formula is C16H23NO3. The Labute approximate surface area is 120 Å². The number of fused-ring (bicyclic) bond motifs is 1. The third-order valence-corrected chi connectivity index (χ3v) is 4.06. The zero-order chi connectivity index (χ0) is 13.8. The van der Waals surface area contributed by atoms with Crippen LogP contribution in [-0.4, -0.2) is 32.9 Å². The molecule has 3 rings (SSSR count). The van der Waals surface area contributed by atoms with Crippen molar-refractivity contribution in [1.29, 1.82) is 0 Å². The molecule has 1 atom stereocenters. The number of benzene rings is 1. The van der Waals surface area contributed by atoms with Gasteiger partial charge in [0.05, 0.1) is 20.3 Å². The molecule has 1 saturated heterocycles. The van der Waals surface area contributed by atoms with Gasteiger partial charge in [0.15, 0.2) is 11.5 Å². The molecule has 4 nitrogen and oxygen atoms in total. The average molecular weight is 277 g/mol. The molecule has 110 valence electrons. The molecule has 0 spiro atoms. The van der Waals surface area contributed by atoms with Crippen molar-refractivity contribution >= 4 is 0 Å². The molecule has 1 aromatic rings. The van der Waals surface area contributed by atoms with Gasteiger partial charge >= 0.3 is 0 Å². The zero-order valence-corrected chi connectivity index (χ0v) is 12.1. The Morgan fingerprint density at radius 3 is 2.90 bits per heavy atom. The van der Waals surface area contributed by atoms with Crippen molar-refractivity contribution in [1.82, 2.24) is 5.32 Å². The van der Waals surface area contributed by atoms with Gasteiger partial charge < -0.3 is 19.5 Å². The Morgan fingerprint density at radius 1 is 1.20 bits per heavy atom. The summed E-state index contributed by atoms with van der Waals surface area (Å²) in [4.78, 5) is 0. The Kier molecular flexibility index (Phi) is 4.31. The van der Waals surface area contributed by atoms with Crippen LogP contribution in [0.2, 0.25) is 0 Å². The van der Waals surface area contributed by atoms with Gasteiger partial charge in [-0.3, -0.25) is 0 Å². The van der Waals surface area contributed by atoms with Crippen LogP contribution < -0.4 is 19.5 Å². The van der Waals surface area contributed by atoms with Gasteiger partial charge in [-0.05, 0) is 37.9 Å². The molecule has 0 radical (unpaired) electrons. The van der Waals surface area contributed by atoms with E-state index in [1.165, 1.54) is 19.3 Å². The lowest BCUT2D eigenvalue weighted by Crippen LogP contribution is -2.35. The van der Waals surface area contributed by atoms with Gasteiger partial charge in [-0.1, -0.05) is 6.42 Å². The summed E-state index contributed by atoms with van der Waals surface area (Å²) < 4.78 is 17.2. The Hall–Kier alpha value is -1.42. The standard InChI is InChI=1S/C16H23NO3/c1-18-14-6-7-15-16(20-10-4-9-19-15)13(14)11-12-5-2-3-8-17-12/h6-7,12,17H,2-5,8-11H2,1H3. The van der Waals surface area contributed by atoms with E-state index in [1.54, 1.807) is 7.11 Å². The highest BCUT2D eigenvalue weighted by Gasteiger charge is 2.23. The molecule has 20 heavy (non-hydrogen) atoms. The van der Waals surface area contributed by atoms with Gasteiger partial charge in [-0.15, -0.1) is 0 Å². The first-order valence-electron chi connectivity index (χ1n) is 7.57. The lowest BCUT2D eigenvalue weighted by atomic mass is 9.96. The average Bonchev–Trinajstić information content (AvgIpc) is 2.74. The molecule has 1 N–H and O–H groups in total. The lowest BCUT2D eigenvalue weighted by molar-refractivity contribution is 0.294. The Balaban J connectivity index is 1.89. The smallest absolute Gasteiger partial charge is 0.168 e. The van der Waals surface area contributed by atoms with Crippen LogP contribution in [0.5, 0.6) is 17.2 Å². The largest absolute Gasteiger partial charge is 0.496 e. The van der Waals surface area contributed by atoms with E-state index in [4.69, 9.17) is 14.2 Å². The van der Waals surface area contributed by atoms with E-state index >= 15 is 0 Å². The summed E-state index contributed by atoms with van der Waals surface area (Å²) in [5, 5.41) is 3.59. The maximum absolute atomic E-state index is 5.93. The van der Waals surface area contributed by atoms with Crippen LogP contribution in [0.25, 0.3) is 0 Å². The second-order valence-electron chi connectivity index (χ2n) is 5.48. The summed E-state index contributed by atoms with van der Waals surface area (Å²) in [6.45, 7) is 2.55. The fourth-order valence-electron chi connectivity index (χ4n) is 3.00. The summed E-state index contributed by atoms with van der Waals surface area (Å²) in [5.41, 5.74) is 1.14. The van der Waals surface area contributed by atoms with Gasteiger partial charge in [-0.2, -0.15) is 0 Å². The van der Waals surface area contributed by atoms with Gasteiger partial charge in [-0.25, -0.2) is 0 Å². The number of hydrogen-bond acceptors (Lipinski definition) is 4. The topological polar surface area (TPSA) is 39.7 Å². The highest BCUT2D eigenvalue weighted by molar-refractivity contribution is 5.54. The fourth-order valence-corrected chi connectivity index (χ4v) is 3.00. The maximum Gasteiger partial charge on any atom is 0.168 e. The number of hydrogen-bond donors (Lipinski definition) is 1. The molecule has 0 bridgehead atoms. The summed E-state index contributed by atoms with van der Waals surface area (Å²) >= 11 is 0. The van der Waals surface area contributed by atoms with Crippen molar-refractivity contribution in [2.24, 2.45) is 0 Å². The number of piperidine rings is 1. The van der Waals surface area contributed by atoms with Crippen molar-refractivity contribution < 1.29 is 14.2 Å². The predicted molar refractivity (Wildman–Crippen MR) is 77.9 cm³/mol. The van der Waals surface area contributed by atoms with Crippen molar-refractivity contribution in [2.75, 3.05) is 26.9 Å². The first-order chi connectivity index (χ1) is 9.88. The van der Waals surface area contributed by atoms with Crippen LogP contribution in [0.1, 0.15) is 31.2 Å². The summed E-state index contributed by atoms with van der Waals surface area (Å²) in [7, 11) is 1.72. The van der Waals surface area contributed by atoms with Gasteiger partial charge in [0, 0.05) is 18.0 Å². The van der Waals surface area contributed by atoms with E-state index < -0.39 is 0 Å². The van der Waals surface area contributed by atoms with E-state index in [0.29, 0.717) is 12.6 Å². The minimum atomic E-state index is 0.510. The maximum atomic E-state index is 5.93. The number of ether oxygens (including phenoxy) is 3. The first-order valence-corrected chi connectivity index (χ1v) is 7.57. The van der Waals surface area contributed by atoms with E-state index in [2.05, 4.69) is 5.32 Å². The molecule has 0 amide bonds. The van der Waals surface area contributed by atoms with Gasteiger partial charge in [0.25, 0.3) is 0 Å². The molecule has 2 aliphatic heterocycles. The second kappa shape index (κ2) is 6.35. The number of methoxy groups -OCH3 is 1. The summed E-state index contributed by atoms with van der Waals surface area (Å²) in [6, 6.07) is 4.46. The third-order valence-electron chi connectivity index (χ3n) is 4.06. The Morgan fingerprint density at radius 2 is 2.10 bits per heavy atom. The molecule has 1 unspecified atom stereocenters. The number of rotatable bonds is 3. The van der Waals surface area contributed by atoms with E-state index in [9.17, 15) is 0 Å². The van der Waals surface area contributed by atoms with E-state index in [-0.39, 0.29) is 0 Å². The molecule has 0 saturated carbocycles. The van der Waals surface area contributed by atoms with E-state index in [1.807, 2.05) is 12.1 Å². The van der Waals surface area contributed by atoms with Crippen LogP contribution in [-0.2, 0) is 6.42 Å². The van der Waals surface area contributed by atoms with Gasteiger partial charge in [0.1, 0.15) is 5.75 Å². The van der Waals surface area contributed by atoms with E-state index in [0.717, 1.165) is 48.8 Å². The summed E-state index contributed by atoms with van der Waals surface area (Å²) in [6.07, 6.45) is 5.66. The highest BCUT2D eigenvalue weighted by Crippen LogP contribution is 2.40. The minimum absolute atomic E-state index is 0.510. The Bertz CT molecular complexity index is 455. The van der Waals surface area contributed by atoms with Crippen molar-refractivity contribution in [3.05, 3.63) is 17.7 Å². The third kappa shape index (κ3) is 2.85. The van der Waals surface area contributed by atoms with Crippen molar-refractivity contribution in [3.8, 4) is 17.2 Å². The molecule has 1 fully saturated rings. The molecular weight excluding hydrogens is 254 g/mol. The lowest BCUT2D eigenvalue weighted by Gasteiger charge is -2.25. The predicted octanol–water partition coefficient (Wildman–Crippen LogP) is 2.54. The summed E-state index contributed by atoms with van der Waals surface area (Å²) in [5.74, 6) is 2.64. The van der Waals surface area contributed by atoms with Crippen LogP contribution in [0.15, 0.2) is 12.1 Å². The fraction of sp³-hybridized carbons (Fsp3) is 0.625. The number of nitrogens with one attached hydrogen (secondary N) is 1. The van der Waals surface area contributed by atoms with Crippen LogP contribution in [0, 0.1) is 0 Å². The molecule has 0 aromatic heterocycles. The zero-order valence-electron chi connectivity index (χ0n) is 12.1. The molecule has 2 aliphatic rings. The minimum Gasteiger partial charge on any atom is -0.496 e. The normalized spacial score (nSPS) is 22.1. The molecule has 2 heterocycles. The second-order valence-corrected chi connectivity index (χ2v) is 5.48. The quantitative estimate of drug-likeness (QED) is 0.921. The van der Waals surface area contributed by atoms with Crippen LogP contribution in [0.3, 0.4) is 0 Å². The SMILES string of the molecule is COc1ccc2c(c1CC1CCCCN1)OCCCO2. The first kappa shape index (κ1) is 13.6. The van der Waals surface area contributed by atoms with Crippen molar-refractivity contribution in [2.45, 2.75) is 38.1 Å². The van der Waals surface area contributed by atoms with Crippen LogP contribution in [0.4, 0.5) is 0 Å². The van der Waals surface area contributed by atoms with Crippen molar-refractivity contribution in [3.63, 3.8) is 0 Å². The van der Waals surface area contributed by atoms with Gasteiger partial charge in [0.2, 0.25) is 0 Å². The molecule has 0 aliphatic carbocycles. The van der Waals surface area contributed by atoms with Crippen LogP contribution >= 0.6 is 0 Å². The molecule has 1 aromatic carbocycles. The molecule has 4 heteroatoms. The monoisotopic (exact) mass is 277 g/mol.